The maximum Gasteiger partial charge on any atom is 0.339 e. The fraction of sp³-hybridized carbons (Fsp3) is 0.333. The second-order valence-corrected chi connectivity index (χ2v) is 5.01. The van der Waals surface area contributed by atoms with Crippen LogP contribution in [0.5, 0.6) is 0 Å². The first-order valence-electron chi connectivity index (χ1n) is 6.17. The van der Waals surface area contributed by atoms with Gasteiger partial charge in [0.1, 0.15) is 11.3 Å². The normalized spacial score (nSPS) is 10.8. The summed E-state index contributed by atoms with van der Waals surface area (Å²) in [6, 6.07) is 2.12. The highest BCUT2D eigenvalue weighted by atomic mass is 16.4. The number of rotatable bonds is 2. The lowest BCUT2D eigenvalue weighted by Gasteiger charge is -2.14. The molecule has 2 rings (SSSR count). The lowest BCUT2D eigenvalue weighted by atomic mass is 9.91. The molecule has 0 radical (unpaired) electrons. The van der Waals surface area contributed by atoms with Gasteiger partial charge in [0.15, 0.2) is 0 Å². The van der Waals surface area contributed by atoms with Gasteiger partial charge in [-0.25, -0.2) is 4.79 Å². The number of aromatic carboxylic acids is 1. The minimum atomic E-state index is -0.943. The van der Waals surface area contributed by atoms with Crippen molar-refractivity contribution in [2.45, 2.75) is 27.7 Å². The zero-order chi connectivity index (χ0) is 14.3. The van der Waals surface area contributed by atoms with Gasteiger partial charge in [-0.15, -0.1) is 0 Å². The summed E-state index contributed by atoms with van der Waals surface area (Å²) in [5, 5.41) is 13.6. The van der Waals surface area contributed by atoms with E-state index in [4.69, 9.17) is 0 Å². The second kappa shape index (κ2) is 4.53. The number of nitrogens with zero attached hydrogens (tertiary/aromatic N) is 2. The van der Waals surface area contributed by atoms with Gasteiger partial charge in [-0.05, 0) is 49.9 Å². The van der Waals surface area contributed by atoms with Crippen LogP contribution in [0, 0.1) is 27.7 Å². The average molecular weight is 258 g/mol. The predicted octanol–water partition coefficient (Wildman–Crippen LogP) is 3.02. The van der Waals surface area contributed by atoms with E-state index in [9.17, 15) is 9.90 Å². The van der Waals surface area contributed by atoms with Gasteiger partial charge < -0.3 is 5.11 Å². The smallest absolute Gasteiger partial charge is 0.339 e. The molecule has 0 bridgehead atoms. The molecule has 0 amide bonds. The Labute approximate surface area is 112 Å². The van der Waals surface area contributed by atoms with E-state index in [1.165, 1.54) is 0 Å². The molecule has 19 heavy (non-hydrogen) atoms. The van der Waals surface area contributed by atoms with Gasteiger partial charge in [0.2, 0.25) is 0 Å². The van der Waals surface area contributed by atoms with Crippen LogP contribution in [0.15, 0.2) is 12.3 Å². The molecular weight excluding hydrogens is 240 g/mol. The van der Waals surface area contributed by atoms with Crippen molar-refractivity contribution in [3.63, 3.8) is 0 Å². The minimum Gasteiger partial charge on any atom is -0.478 e. The maximum absolute atomic E-state index is 11.3. The van der Waals surface area contributed by atoms with Gasteiger partial charge in [-0.2, -0.15) is 5.10 Å². The van der Waals surface area contributed by atoms with Gasteiger partial charge in [0.25, 0.3) is 0 Å². The first kappa shape index (κ1) is 13.3. The first-order chi connectivity index (χ1) is 8.82. The van der Waals surface area contributed by atoms with E-state index < -0.39 is 5.97 Å². The Kier molecular flexibility index (Phi) is 3.18. The Morgan fingerprint density at radius 3 is 2.16 bits per heavy atom. The van der Waals surface area contributed by atoms with Crippen molar-refractivity contribution >= 4 is 5.97 Å². The molecule has 0 aliphatic carbocycles. The zero-order valence-corrected chi connectivity index (χ0v) is 11.9. The van der Waals surface area contributed by atoms with Gasteiger partial charge in [0, 0.05) is 18.8 Å². The topological polar surface area (TPSA) is 55.1 Å². The molecular formula is C15H18N2O2. The Hall–Kier alpha value is -2.10. The van der Waals surface area contributed by atoms with Gasteiger partial charge >= 0.3 is 5.97 Å². The van der Waals surface area contributed by atoms with Crippen LogP contribution in [0.4, 0.5) is 0 Å². The number of carboxylic acids is 1. The summed E-state index contributed by atoms with van der Waals surface area (Å²) in [5.41, 5.74) is 6.22. The monoisotopic (exact) mass is 258 g/mol. The van der Waals surface area contributed by atoms with Crippen molar-refractivity contribution in [3.05, 3.63) is 40.1 Å². The molecule has 0 saturated heterocycles. The SMILES string of the molecule is Cc1cc(C)c(C)c(-c2nn(C)cc2C(=O)O)c1C. The summed E-state index contributed by atoms with van der Waals surface area (Å²) < 4.78 is 1.55. The van der Waals surface area contributed by atoms with Crippen LogP contribution in [-0.4, -0.2) is 20.9 Å². The second-order valence-electron chi connectivity index (χ2n) is 5.01. The molecule has 0 spiro atoms. The summed E-state index contributed by atoms with van der Waals surface area (Å²) >= 11 is 0. The Balaban J connectivity index is 2.83. The third kappa shape index (κ3) is 2.14. The lowest BCUT2D eigenvalue weighted by molar-refractivity contribution is 0.0697. The highest BCUT2D eigenvalue weighted by molar-refractivity contribution is 5.95. The quantitative estimate of drug-likeness (QED) is 0.900. The molecule has 4 heteroatoms. The largest absolute Gasteiger partial charge is 0.478 e. The number of aromatic nitrogens is 2. The van der Waals surface area contributed by atoms with Crippen LogP contribution in [0.1, 0.15) is 32.6 Å². The van der Waals surface area contributed by atoms with E-state index >= 15 is 0 Å². The van der Waals surface area contributed by atoms with Crippen molar-refractivity contribution in [2.24, 2.45) is 7.05 Å². The molecule has 0 aliphatic rings. The van der Waals surface area contributed by atoms with Crippen molar-refractivity contribution in [1.82, 2.24) is 9.78 Å². The summed E-state index contributed by atoms with van der Waals surface area (Å²) in [7, 11) is 1.74. The number of hydrogen-bond donors (Lipinski definition) is 1. The third-order valence-electron chi connectivity index (χ3n) is 3.66. The fourth-order valence-corrected chi connectivity index (χ4v) is 2.40. The van der Waals surface area contributed by atoms with Crippen LogP contribution in [0.25, 0.3) is 11.3 Å². The van der Waals surface area contributed by atoms with Crippen LogP contribution in [0.3, 0.4) is 0 Å². The van der Waals surface area contributed by atoms with E-state index in [-0.39, 0.29) is 5.56 Å². The first-order valence-corrected chi connectivity index (χ1v) is 6.17. The number of carboxylic acid groups (broad SMARTS) is 1. The molecule has 0 fully saturated rings. The lowest BCUT2D eigenvalue weighted by Crippen LogP contribution is -2.01. The number of benzene rings is 1. The summed E-state index contributed by atoms with van der Waals surface area (Å²) in [6.45, 7) is 8.10. The van der Waals surface area contributed by atoms with Gasteiger partial charge in [0.05, 0.1) is 0 Å². The van der Waals surface area contributed by atoms with Crippen molar-refractivity contribution in [3.8, 4) is 11.3 Å². The van der Waals surface area contributed by atoms with Gasteiger partial charge in [-0.3, -0.25) is 4.68 Å². The van der Waals surface area contributed by atoms with Crippen LogP contribution >= 0.6 is 0 Å². The van der Waals surface area contributed by atoms with E-state index in [0.717, 1.165) is 27.8 Å². The Morgan fingerprint density at radius 1 is 1.16 bits per heavy atom. The molecule has 0 saturated carbocycles. The molecule has 1 aromatic carbocycles. The third-order valence-corrected chi connectivity index (χ3v) is 3.66. The Bertz CT molecular complexity index is 643. The molecule has 4 nitrogen and oxygen atoms in total. The molecule has 2 aromatic rings. The van der Waals surface area contributed by atoms with Crippen LogP contribution < -0.4 is 0 Å². The van der Waals surface area contributed by atoms with Crippen LogP contribution in [-0.2, 0) is 7.05 Å². The summed E-state index contributed by atoms with van der Waals surface area (Å²) in [5.74, 6) is -0.943. The number of aryl methyl sites for hydroxylation is 3. The van der Waals surface area contributed by atoms with E-state index in [1.54, 1.807) is 17.9 Å². The van der Waals surface area contributed by atoms with Crippen molar-refractivity contribution in [2.75, 3.05) is 0 Å². The molecule has 0 unspecified atom stereocenters. The van der Waals surface area contributed by atoms with Crippen LogP contribution in [0.2, 0.25) is 0 Å². The van der Waals surface area contributed by atoms with Crippen molar-refractivity contribution in [1.29, 1.82) is 0 Å². The molecule has 100 valence electrons. The molecule has 0 aliphatic heterocycles. The van der Waals surface area contributed by atoms with Crippen molar-refractivity contribution < 1.29 is 9.90 Å². The van der Waals surface area contributed by atoms with Gasteiger partial charge in [-0.1, -0.05) is 6.07 Å². The highest BCUT2D eigenvalue weighted by Gasteiger charge is 2.20. The zero-order valence-electron chi connectivity index (χ0n) is 11.9. The number of carbonyl (C=O) groups is 1. The molecule has 0 atom stereocenters. The summed E-state index contributed by atoms with van der Waals surface area (Å²) in [6.07, 6.45) is 1.55. The standard InChI is InChI=1S/C15H18N2O2/c1-8-6-9(2)11(4)13(10(8)3)14-12(15(18)19)7-17(5)16-14/h6-7H,1-5H3,(H,18,19). The van der Waals surface area contributed by atoms with E-state index in [1.807, 2.05) is 27.7 Å². The average Bonchev–Trinajstić information content (AvgIpc) is 2.69. The summed E-state index contributed by atoms with van der Waals surface area (Å²) in [4.78, 5) is 11.3. The highest BCUT2D eigenvalue weighted by Crippen LogP contribution is 2.32. The minimum absolute atomic E-state index is 0.249. The number of hydrogen-bond acceptors (Lipinski definition) is 2. The Morgan fingerprint density at radius 2 is 1.68 bits per heavy atom. The molecule has 1 aromatic heterocycles. The molecule has 1 N–H and O–H groups in total. The van der Waals surface area contributed by atoms with E-state index in [2.05, 4.69) is 11.2 Å². The fourth-order valence-electron chi connectivity index (χ4n) is 2.40. The predicted molar refractivity (Wildman–Crippen MR) is 74.6 cm³/mol. The molecule has 1 heterocycles. The maximum atomic E-state index is 11.3. The van der Waals surface area contributed by atoms with E-state index in [0.29, 0.717) is 5.69 Å².